The molecule has 3 aromatic rings. The predicted molar refractivity (Wildman–Crippen MR) is 113 cm³/mol. The number of carbonyl (C=O) groups is 1. The Morgan fingerprint density at radius 3 is 2.72 bits per heavy atom. The van der Waals surface area contributed by atoms with Crippen molar-refractivity contribution in [2.24, 2.45) is 0 Å². The van der Waals surface area contributed by atoms with Crippen LogP contribution < -0.4 is 10.9 Å². The number of benzene rings is 1. The SMILES string of the molecule is Cc1ccncc1-n1c(CCNC(=O)OC(C)(C)C)nc2cccc(Cl)c2c1=O. The fourth-order valence-corrected chi connectivity index (χ4v) is 3.18. The highest BCUT2D eigenvalue weighted by atomic mass is 35.5. The second-order valence-electron chi connectivity index (χ2n) is 7.64. The number of nitrogens with zero attached hydrogens (tertiary/aromatic N) is 3. The maximum absolute atomic E-state index is 13.3. The molecule has 152 valence electrons. The molecule has 0 radical (unpaired) electrons. The standard InChI is InChI=1S/C21H23ClN4O3/c1-13-8-10-23-12-16(13)26-17(9-11-24-20(28)29-21(2,3)4)25-15-7-5-6-14(22)18(15)19(26)27/h5-8,10,12H,9,11H2,1-4H3,(H,24,28). The van der Waals surface area contributed by atoms with E-state index in [0.29, 0.717) is 33.9 Å². The van der Waals surface area contributed by atoms with Crippen LogP contribution in [0.3, 0.4) is 0 Å². The number of amides is 1. The van der Waals surface area contributed by atoms with Crippen LogP contribution in [0.1, 0.15) is 32.2 Å². The van der Waals surface area contributed by atoms with Crippen LogP contribution >= 0.6 is 11.6 Å². The summed E-state index contributed by atoms with van der Waals surface area (Å²) >= 11 is 6.28. The molecule has 2 heterocycles. The highest BCUT2D eigenvalue weighted by molar-refractivity contribution is 6.35. The third-order valence-corrected chi connectivity index (χ3v) is 4.50. The Morgan fingerprint density at radius 2 is 2.03 bits per heavy atom. The second-order valence-corrected chi connectivity index (χ2v) is 8.05. The minimum absolute atomic E-state index is 0.257. The van der Waals surface area contributed by atoms with Gasteiger partial charge in [-0.15, -0.1) is 0 Å². The van der Waals surface area contributed by atoms with E-state index in [1.54, 1.807) is 51.4 Å². The molecule has 0 saturated carbocycles. The summed E-state index contributed by atoms with van der Waals surface area (Å²) in [6, 6.07) is 6.98. The Balaban J connectivity index is 2.02. The van der Waals surface area contributed by atoms with Gasteiger partial charge in [0.2, 0.25) is 0 Å². The Hall–Kier alpha value is -2.93. The van der Waals surface area contributed by atoms with E-state index in [9.17, 15) is 9.59 Å². The fourth-order valence-electron chi connectivity index (χ4n) is 2.93. The zero-order chi connectivity index (χ0) is 21.2. The molecule has 0 aliphatic carbocycles. The molecule has 0 aliphatic heterocycles. The summed E-state index contributed by atoms with van der Waals surface area (Å²) in [6.45, 7) is 7.54. The van der Waals surface area contributed by atoms with Crippen molar-refractivity contribution < 1.29 is 9.53 Å². The smallest absolute Gasteiger partial charge is 0.407 e. The van der Waals surface area contributed by atoms with E-state index in [-0.39, 0.29) is 12.1 Å². The van der Waals surface area contributed by atoms with Gasteiger partial charge in [-0.05, 0) is 51.5 Å². The van der Waals surface area contributed by atoms with E-state index in [0.717, 1.165) is 5.56 Å². The van der Waals surface area contributed by atoms with E-state index in [1.165, 1.54) is 4.57 Å². The molecule has 1 amide bonds. The summed E-state index contributed by atoms with van der Waals surface area (Å²) < 4.78 is 6.76. The molecular weight excluding hydrogens is 392 g/mol. The molecule has 0 unspecified atom stereocenters. The van der Waals surface area contributed by atoms with Gasteiger partial charge in [-0.25, -0.2) is 9.78 Å². The van der Waals surface area contributed by atoms with Gasteiger partial charge < -0.3 is 10.1 Å². The molecule has 0 spiro atoms. The van der Waals surface area contributed by atoms with E-state index >= 15 is 0 Å². The van der Waals surface area contributed by atoms with Gasteiger partial charge >= 0.3 is 6.09 Å². The minimum Gasteiger partial charge on any atom is -0.444 e. The molecule has 1 N–H and O–H groups in total. The van der Waals surface area contributed by atoms with Gasteiger partial charge in [0.15, 0.2) is 0 Å². The van der Waals surface area contributed by atoms with Crippen LogP contribution in [0.5, 0.6) is 0 Å². The lowest BCUT2D eigenvalue weighted by Gasteiger charge is -2.20. The van der Waals surface area contributed by atoms with Crippen molar-refractivity contribution in [2.75, 3.05) is 6.54 Å². The first-order chi connectivity index (χ1) is 13.7. The van der Waals surface area contributed by atoms with E-state index in [1.807, 2.05) is 13.0 Å². The van der Waals surface area contributed by atoms with Crippen molar-refractivity contribution in [3.05, 3.63) is 63.4 Å². The average molecular weight is 415 g/mol. The van der Waals surface area contributed by atoms with Gasteiger partial charge in [0, 0.05) is 19.2 Å². The molecule has 0 atom stereocenters. The number of alkyl carbamates (subject to hydrolysis) is 1. The molecule has 1 aromatic carbocycles. The zero-order valence-electron chi connectivity index (χ0n) is 16.8. The van der Waals surface area contributed by atoms with Crippen LogP contribution in [0, 0.1) is 6.92 Å². The summed E-state index contributed by atoms with van der Waals surface area (Å²) in [5, 5.41) is 3.39. The third-order valence-electron chi connectivity index (χ3n) is 4.19. The number of pyridine rings is 1. The van der Waals surface area contributed by atoms with Gasteiger partial charge in [0.1, 0.15) is 11.4 Å². The maximum Gasteiger partial charge on any atom is 0.407 e. The molecular formula is C21H23ClN4O3. The topological polar surface area (TPSA) is 86.1 Å². The Morgan fingerprint density at radius 1 is 1.28 bits per heavy atom. The summed E-state index contributed by atoms with van der Waals surface area (Å²) in [5.74, 6) is 0.497. The van der Waals surface area contributed by atoms with E-state index < -0.39 is 11.7 Å². The van der Waals surface area contributed by atoms with Gasteiger partial charge in [0.05, 0.1) is 27.8 Å². The summed E-state index contributed by atoms with van der Waals surface area (Å²) in [5.41, 5.74) is 1.14. The van der Waals surface area contributed by atoms with Crippen molar-refractivity contribution in [3.63, 3.8) is 0 Å². The van der Waals surface area contributed by atoms with Crippen LogP contribution in [0.4, 0.5) is 4.79 Å². The van der Waals surface area contributed by atoms with Crippen molar-refractivity contribution in [2.45, 2.75) is 39.7 Å². The number of carbonyl (C=O) groups excluding carboxylic acids is 1. The zero-order valence-corrected chi connectivity index (χ0v) is 17.6. The summed E-state index contributed by atoms with van der Waals surface area (Å²) in [4.78, 5) is 34.0. The first-order valence-corrected chi connectivity index (χ1v) is 9.63. The predicted octanol–water partition coefficient (Wildman–Crippen LogP) is 3.81. The monoisotopic (exact) mass is 414 g/mol. The molecule has 7 nitrogen and oxygen atoms in total. The molecule has 0 bridgehead atoms. The first-order valence-electron chi connectivity index (χ1n) is 9.25. The number of halogens is 1. The normalized spacial score (nSPS) is 11.5. The molecule has 8 heteroatoms. The molecule has 0 aliphatic rings. The Kier molecular flexibility index (Phi) is 5.88. The number of fused-ring (bicyclic) bond motifs is 1. The lowest BCUT2D eigenvalue weighted by atomic mass is 10.2. The minimum atomic E-state index is -0.586. The van der Waals surface area contributed by atoms with Crippen LogP contribution in [0.2, 0.25) is 5.02 Å². The second kappa shape index (κ2) is 8.21. The number of aromatic nitrogens is 3. The third kappa shape index (κ3) is 4.74. The van der Waals surface area contributed by atoms with Crippen molar-refractivity contribution in [3.8, 4) is 5.69 Å². The number of ether oxygens (including phenoxy) is 1. The largest absolute Gasteiger partial charge is 0.444 e. The fraction of sp³-hybridized carbons (Fsp3) is 0.333. The average Bonchev–Trinajstić information content (AvgIpc) is 2.61. The van der Waals surface area contributed by atoms with Crippen LogP contribution in [0.15, 0.2) is 41.5 Å². The summed E-state index contributed by atoms with van der Waals surface area (Å²) in [6.07, 6.45) is 3.08. The van der Waals surface area contributed by atoms with Crippen LogP contribution in [-0.4, -0.2) is 32.8 Å². The Bertz CT molecular complexity index is 1120. The molecule has 3 rings (SSSR count). The molecule has 2 aromatic heterocycles. The van der Waals surface area contributed by atoms with Gasteiger partial charge in [0.25, 0.3) is 5.56 Å². The number of rotatable bonds is 4. The lowest BCUT2D eigenvalue weighted by Crippen LogP contribution is -2.34. The molecule has 29 heavy (non-hydrogen) atoms. The van der Waals surface area contributed by atoms with Crippen LogP contribution in [0.25, 0.3) is 16.6 Å². The quantitative estimate of drug-likeness (QED) is 0.701. The summed E-state index contributed by atoms with van der Waals surface area (Å²) in [7, 11) is 0. The van der Waals surface area contributed by atoms with Gasteiger partial charge in [-0.2, -0.15) is 0 Å². The molecule has 0 saturated heterocycles. The van der Waals surface area contributed by atoms with E-state index in [2.05, 4.69) is 15.3 Å². The van der Waals surface area contributed by atoms with Crippen molar-refractivity contribution in [1.82, 2.24) is 19.9 Å². The van der Waals surface area contributed by atoms with Crippen molar-refractivity contribution >= 4 is 28.6 Å². The van der Waals surface area contributed by atoms with E-state index in [4.69, 9.17) is 16.3 Å². The lowest BCUT2D eigenvalue weighted by molar-refractivity contribution is 0.0528. The number of nitrogens with one attached hydrogen (secondary N) is 1. The molecule has 0 fully saturated rings. The first kappa shape index (κ1) is 20.8. The van der Waals surface area contributed by atoms with Crippen molar-refractivity contribution in [1.29, 1.82) is 0 Å². The van der Waals surface area contributed by atoms with Gasteiger partial charge in [-0.1, -0.05) is 17.7 Å². The Labute approximate surface area is 173 Å². The highest BCUT2D eigenvalue weighted by Crippen LogP contribution is 2.21. The maximum atomic E-state index is 13.3. The number of hydrogen-bond acceptors (Lipinski definition) is 5. The highest BCUT2D eigenvalue weighted by Gasteiger charge is 2.18. The number of hydrogen-bond donors (Lipinski definition) is 1. The van der Waals surface area contributed by atoms with Crippen LogP contribution in [-0.2, 0) is 11.2 Å². The number of aryl methyl sites for hydroxylation is 1. The van der Waals surface area contributed by atoms with Gasteiger partial charge in [-0.3, -0.25) is 14.3 Å².